The molecule has 0 spiro atoms. The second-order valence-corrected chi connectivity index (χ2v) is 4.46. The molecule has 0 aliphatic carbocycles. The third kappa shape index (κ3) is 3.81. The second-order valence-electron chi connectivity index (χ2n) is 4.46. The predicted molar refractivity (Wildman–Crippen MR) is 75.2 cm³/mol. The highest BCUT2D eigenvalue weighted by molar-refractivity contribution is 5.91. The van der Waals surface area contributed by atoms with Crippen LogP contribution in [-0.4, -0.2) is 27.6 Å². The van der Waals surface area contributed by atoms with Gasteiger partial charge < -0.3 is 4.90 Å². The second kappa shape index (κ2) is 6.00. The molecule has 1 amide bonds. The summed E-state index contributed by atoms with van der Waals surface area (Å²) in [5, 5.41) is 4.05. The van der Waals surface area contributed by atoms with Crippen LogP contribution in [0.3, 0.4) is 0 Å². The molecule has 0 bridgehead atoms. The molecule has 4 heteroatoms. The van der Waals surface area contributed by atoms with Gasteiger partial charge >= 0.3 is 0 Å². The lowest BCUT2D eigenvalue weighted by Crippen LogP contribution is -2.23. The number of hydrogen-bond donors (Lipinski definition) is 0. The van der Waals surface area contributed by atoms with Gasteiger partial charge in [-0.25, -0.2) is 0 Å². The fourth-order valence-electron chi connectivity index (χ4n) is 1.76. The van der Waals surface area contributed by atoms with Crippen LogP contribution in [0, 0.1) is 0 Å². The van der Waals surface area contributed by atoms with Crippen LogP contribution in [-0.2, 0) is 18.4 Å². The summed E-state index contributed by atoms with van der Waals surface area (Å²) in [6.07, 6.45) is 6.93. The average Bonchev–Trinajstić information content (AvgIpc) is 2.83. The van der Waals surface area contributed by atoms with E-state index in [2.05, 4.69) is 5.10 Å². The zero-order chi connectivity index (χ0) is 13.7. The van der Waals surface area contributed by atoms with Crippen molar-refractivity contribution < 1.29 is 4.79 Å². The summed E-state index contributed by atoms with van der Waals surface area (Å²) in [5.41, 5.74) is 2.04. The lowest BCUT2D eigenvalue weighted by atomic mass is 10.2. The van der Waals surface area contributed by atoms with Crippen molar-refractivity contribution in [1.82, 2.24) is 14.7 Å². The number of amides is 1. The molecule has 19 heavy (non-hydrogen) atoms. The average molecular weight is 255 g/mol. The highest BCUT2D eigenvalue weighted by Gasteiger charge is 2.05. The number of likely N-dealkylation sites (N-methyl/N-ethyl adjacent to an activating group) is 1. The van der Waals surface area contributed by atoms with Gasteiger partial charge in [-0.15, -0.1) is 0 Å². The summed E-state index contributed by atoms with van der Waals surface area (Å²) in [6.45, 7) is 0.608. The number of nitrogens with zero attached hydrogens (tertiary/aromatic N) is 3. The van der Waals surface area contributed by atoms with Crippen LogP contribution in [0.25, 0.3) is 6.08 Å². The van der Waals surface area contributed by atoms with E-state index in [9.17, 15) is 4.79 Å². The Morgan fingerprint density at radius 2 is 2.11 bits per heavy atom. The van der Waals surface area contributed by atoms with Crippen LogP contribution >= 0.6 is 0 Å². The molecule has 0 radical (unpaired) electrons. The molecule has 0 aliphatic rings. The summed E-state index contributed by atoms with van der Waals surface area (Å²) >= 11 is 0. The van der Waals surface area contributed by atoms with E-state index in [0.29, 0.717) is 6.54 Å². The SMILES string of the molecule is CN(Cc1ccccc1)C(=O)C=Cc1cnn(C)c1. The summed E-state index contributed by atoms with van der Waals surface area (Å²) in [6, 6.07) is 9.93. The lowest BCUT2D eigenvalue weighted by molar-refractivity contribution is -0.125. The molecule has 98 valence electrons. The van der Waals surface area contributed by atoms with E-state index in [0.717, 1.165) is 11.1 Å². The van der Waals surface area contributed by atoms with E-state index in [1.807, 2.05) is 43.6 Å². The van der Waals surface area contributed by atoms with Crippen molar-refractivity contribution >= 4 is 12.0 Å². The van der Waals surface area contributed by atoms with Crippen LogP contribution in [0.15, 0.2) is 48.8 Å². The summed E-state index contributed by atoms with van der Waals surface area (Å²) in [5.74, 6) is -0.0206. The minimum Gasteiger partial charge on any atom is -0.338 e. The number of benzene rings is 1. The Balaban J connectivity index is 1.94. The molecule has 1 aromatic carbocycles. The summed E-state index contributed by atoms with van der Waals surface area (Å²) in [4.78, 5) is 13.6. The van der Waals surface area contributed by atoms with Crippen molar-refractivity contribution in [3.8, 4) is 0 Å². The van der Waals surface area contributed by atoms with Gasteiger partial charge in [-0.05, 0) is 11.6 Å². The Morgan fingerprint density at radius 1 is 1.37 bits per heavy atom. The first-order valence-electron chi connectivity index (χ1n) is 6.11. The lowest BCUT2D eigenvalue weighted by Gasteiger charge is -2.14. The smallest absolute Gasteiger partial charge is 0.246 e. The number of rotatable bonds is 4. The molecule has 2 aromatic rings. The molecular formula is C15H17N3O. The Hall–Kier alpha value is -2.36. The molecule has 0 unspecified atom stereocenters. The van der Waals surface area contributed by atoms with E-state index in [4.69, 9.17) is 0 Å². The number of aromatic nitrogens is 2. The fourth-order valence-corrected chi connectivity index (χ4v) is 1.76. The molecule has 0 fully saturated rings. The van der Waals surface area contributed by atoms with Gasteiger partial charge in [0, 0.05) is 38.5 Å². The van der Waals surface area contributed by atoms with Gasteiger partial charge in [-0.2, -0.15) is 5.10 Å². The highest BCUT2D eigenvalue weighted by atomic mass is 16.2. The number of hydrogen-bond acceptors (Lipinski definition) is 2. The highest BCUT2D eigenvalue weighted by Crippen LogP contribution is 2.04. The first-order chi connectivity index (χ1) is 9.15. The largest absolute Gasteiger partial charge is 0.338 e. The van der Waals surface area contributed by atoms with Crippen molar-refractivity contribution in [2.24, 2.45) is 7.05 Å². The molecular weight excluding hydrogens is 238 g/mol. The zero-order valence-electron chi connectivity index (χ0n) is 11.2. The Labute approximate surface area is 113 Å². The van der Waals surface area contributed by atoms with Gasteiger partial charge in [0.15, 0.2) is 0 Å². The monoisotopic (exact) mass is 255 g/mol. The molecule has 0 atom stereocenters. The summed E-state index contributed by atoms with van der Waals surface area (Å²) < 4.78 is 1.71. The van der Waals surface area contributed by atoms with Crippen molar-refractivity contribution in [3.05, 3.63) is 59.9 Å². The maximum Gasteiger partial charge on any atom is 0.246 e. The summed E-state index contributed by atoms with van der Waals surface area (Å²) in [7, 11) is 3.64. The van der Waals surface area contributed by atoms with Crippen molar-refractivity contribution in [1.29, 1.82) is 0 Å². The quantitative estimate of drug-likeness (QED) is 0.785. The van der Waals surface area contributed by atoms with E-state index < -0.39 is 0 Å². The minimum atomic E-state index is -0.0206. The van der Waals surface area contributed by atoms with Gasteiger partial charge in [-0.1, -0.05) is 30.3 Å². The zero-order valence-corrected chi connectivity index (χ0v) is 11.2. The molecule has 1 heterocycles. The molecule has 1 aromatic heterocycles. The van der Waals surface area contributed by atoms with Crippen molar-refractivity contribution in [2.45, 2.75) is 6.54 Å². The third-order valence-corrected chi connectivity index (χ3v) is 2.78. The topological polar surface area (TPSA) is 38.1 Å². The Morgan fingerprint density at radius 3 is 2.74 bits per heavy atom. The van der Waals surface area contributed by atoms with Gasteiger partial charge in [0.2, 0.25) is 5.91 Å². The number of aryl methyl sites for hydroxylation is 1. The van der Waals surface area contributed by atoms with Gasteiger partial charge in [0.1, 0.15) is 0 Å². The van der Waals surface area contributed by atoms with Gasteiger partial charge in [-0.3, -0.25) is 9.48 Å². The van der Waals surface area contributed by atoms with Crippen LogP contribution in [0.1, 0.15) is 11.1 Å². The molecule has 0 aliphatic heterocycles. The molecule has 0 N–H and O–H groups in total. The van der Waals surface area contributed by atoms with Crippen molar-refractivity contribution in [3.63, 3.8) is 0 Å². The predicted octanol–water partition coefficient (Wildman–Crippen LogP) is 2.09. The van der Waals surface area contributed by atoms with E-state index in [1.54, 1.807) is 35.0 Å². The van der Waals surface area contributed by atoms with E-state index >= 15 is 0 Å². The first-order valence-corrected chi connectivity index (χ1v) is 6.11. The van der Waals surface area contributed by atoms with Crippen LogP contribution in [0.2, 0.25) is 0 Å². The van der Waals surface area contributed by atoms with Crippen LogP contribution < -0.4 is 0 Å². The molecule has 2 rings (SSSR count). The Bertz CT molecular complexity index is 572. The van der Waals surface area contributed by atoms with E-state index in [-0.39, 0.29) is 5.91 Å². The minimum absolute atomic E-state index is 0.0206. The standard InChI is InChI=1S/C15H17N3O/c1-17(11-13-6-4-3-5-7-13)15(19)9-8-14-10-16-18(2)12-14/h3-10,12H,11H2,1-2H3. The van der Waals surface area contributed by atoms with Crippen LogP contribution in [0.4, 0.5) is 0 Å². The van der Waals surface area contributed by atoms with Gasteiger partial charge in [0.25, 0.3) is 0 Å². The van der Waals surface area contributed by atoms with E-state index in [1.165, 1.54) is 0 Å². The molecule has 4 nitrogen and oxygen atoms in total. The maximum absolute atomic E-state index is 11.9. The Kier molecular flexibility index (Phi) is 4.13. The number of carbonyl (C=O) groups is 1. The third-order valence-electron chi connectivity index (χ3n) is 2.78. The van der Waals surface area contributed by atoms with Gasteiger partial charge in [0.05, 0.1) is 6.20 Å². The fraction of sp³-hybridized carbons (Fsp3) is 0.200. The van der Waals surface area contributed by atoms with Crippen molar-refractivity contribution in [2.75, 3.05) is 7.05 Å². The maximum atomic E-state index is 11.9. The number of carbonyl (C=O) groups excluding carboxylic acids is 1. The molecule has 0 saturated heterocycles. The normalized spacial score (nSPS) is 10.8. The molecule has 0 saturated carbocycles. The van der Waals surface area contributed by atoms with Crippen LogP contribution in [0.5, 0.6) is 0 Å². The first kappa shape index (κ1) is 13.1.